The third-order valence-electron chi connectivity index (χ3n) is 4.72. The standard InChI is InChI=1S/C26H26N4O4/c1-19-10-12-21(13-11-19)16-28-25(32)26(33)30-29-17-22-8-5-9-23(14-22)34-18-24(31)27-15-20-6-3-2-4-7-20/h2-14,17H,15-16,18H2,1H3,(H,27,31)(H,28,32)(H,30,33)/b29-17-. The van der Waals surface area contributed by atoms with Crippen LogP contribution in [0.15, 0.2) is 84.0 Å². The van der Waals surface area contributed by atoms with E-state index in [0.717, 1.165) is 16.7 Å². The summed E-state index contributed by atoms with van der Waals surface area (Å²) in [5, 5.41) is 9.14. The van der Waals surface area contributed by atoms with E-state index in [0.29, 0.717) is 17.9 Å². The third-order valence-corrected chi connectivity index (χ3v) is 4.72. The molecule has 3 N–H and O–H groups in total. The van der Waals surface area contributed by atoms with Crippen molar-refractivity contribution in [1.29, 1.82) is 0 Å². The minimum atomic E-state index is -0.870. The molecule has 34 heavy (non-hydrogen) atoms. The molecular weight excluding hydrogens is 432 g/mol. The predicted molar refractivity (Wildman–Crippen MR) is 129 cm³/mol. The van der Waals surface area contributed by atoms with Gasteiger partial charge >= 0.3 is 11.8 Å². The van der Waals surface area contributed by atoms with Gasteiger partial charge in [0.1, 0.15) is 5.75 Å². The van der Waals surface area contributed by atoms with Crippen LogP contribution in [0.25, 0.3) is 0 Å². The fourth-order valence-electron chi connectivity index (χ4n) is 2.87. The highest BCUT2D eigenvalue weighted by Crippen LogP contribution is 2.12. The number of carbonyl (C=O) groups excluding carboxylic acids is 3. The van der Waals surface area contributed by atoms with E-state index in [-0.39, 0.29) is 19.1 Å². The zero-order valence-corrected chi connectivity index (χ0v) is 18.8. The first-order chi connectivity index (χ1) is 16.5. The van der Waals surface area contributed by atoms with Gasteiger partial charge in [0.2, 0.25) is 0 Å². The van der Waals surface area contributed by atoms with Gasteiger partial charge in [-0.3, -0.25) is 14.4 Å². The molecule has 0 bridgehead atoms. The number of nitrogens with zero attached hydrogens (tertiary/aromatic N) is 1. The SMILES string of the molecule is Cc1ccc(CNC(=O)C(=O)N/N=C\c2cccc(OCC(=O)NCc3ccccc3)c2)cc1. The summed E-state index contributed by atoms with van der Waals surface area (Å²) in [5.41, 5.74) is 5.82. The number of aryl methyl sites for hydroxylation is 1. The fourth-order valence-corrected chi connectivity index (χ4v) is 2.87. The van der Waals surface area contributed by atoms with Crippen molar-refractivity contribution in [3.8, 4) is 5.75 Å². The van der Waals surface area contributed by atoms with Gasteiger partial charge in [-0.1, -0.05) is 72.3 Å². The number of hydrazone groups is 1. The van der Waals surface area contributed by atoms with Gasteiger partial charge in [0.05, 0.1) is 6.21 Å². The summed E-state index contributed by atoms with van der Waals surface area (Å²) >= 11 is 0. The highest BCUT2D eigenvalue weighted by molar-refractivity contribution is 6.35. The third kappa shape index (κ3) is 8.23. The lowest BCUT2D eigenvalue weighted by atomic mass is 10.1. The lowest BCUT2D eigenvalue weighted by Crippen LogP contribution is -2.37. The summed E-state index contributed by atoms with van der Waals surface area (Å²) in [6.07, 6.45) is 1.38. The molecule has 0 fully saturated rings. The monoisotopic (exact) mass is 458 g/mol. The molecule has 0 heterocycles. The Morgan fingerprint density at radius 2 is 1.53 bits per heavy atom. The van der Waals surface area contributed by atoms with Crippen molar-refractivity contribution in [3.63, 3.8) is 0 Å². The quantitative estimate of drug-likeness (QED) is 0.260. The van der Waals surface area contributed by atoms with E-state index in [9.17, 15) is 14.4 Å². The Balaban J connectivity index is 1.40. The molecule has 174 valence electrons. The van der Waals surface area contributed by atoms with Crippen LogP contribution in [0.2, 0.25) is 0 Å². The second-order valence-electron chi connectivity index (χ2n) is 7.49. The summed E-state index contributed by atoms with van der Waals surface area (Å²) in [4.78, 5) is 35.8. The molecule has 3 aromatic carbocycles. The molecule has 0 aliphatic carbocycles. The molecule has 3 aromatic rings. The van der Waals surface area contributed by atoms with Crippen LogP contribution in [-0.2, 0) is 27.5 Å². The zero-order valence-electron chi connectivity index (χ0n) is 18.8. The van der Waals surface area contributed by atoms with E-state index in [4.69, 9.17) is 4.74 Å². The highest BCUT2D eigenvalue weighted by atomic mass is 16.5. The van der Waals surface area contributed by atoms with Crippen LogP contribution < -0.4 is 20.8 Å². The van der Waals surface area contributed by atoms with Crippen LogP contribution in [0.1, 0.15) is 22.3 Å². The van der Waals surface area contributed by atoms with Gasteiger partial charge in [0, 0.05) is 13.1 Å². The Bertz CT molecular complexity index is 1140. The number of amides is 3. The number of nitrogens with one attached hydrogen (secondary N) is 3. The van der Waals surface area contributed by atoms with E-state index in [1.807, 2.05) is 61.5 Å². The highest BCUT2D eigenvalue weighted by Gasteiger charge is 2.11. The minimum Gasteiger partial charge on any atom is -0.484 e. The Hall–Kier alpha value is -4.46. The largest absolute Gasteiger partial charge is 0.484 e. The maximum absolute atomic E-state index is 12.0. The molecule has 0 atom stereocenters. The van der Waals surface area contributed by atoms with Crippen molar-refractivity contribution in [2.45, 2.75) is 20.0 Å². The van der Waals surface area contributed by atoms with Crippen molar-refractivity contribution >= 4 is 23.9 Å². The molecule has 0 aliphatic heterocycles. The van der Waals surface area contributed by atoms with E-state index in [1.54, 1.807) is 24.3 Å². The number of hydrogen-bond donors (Lipinski definition) is 3. The molecule has 0 aromatic heterocycles. The van der Waals surface area contributed by atoms with Gasteiger partial charge in [-0.2, -0.15) is 5.10 Å². The van der Waals surface area contributed by atoms with Crippen LogP contribution in [0, 0.1) is 6.92 Å². The number of carbonyl (C=O) groups is 3. The number of benzene rings is 3. The van der Waals surface area contributed by atoms with Crippen LogP contribution in [-0.4, -0.2) is 30.5 Å². The number of ether oxygens (including phenoxy) is 1. The van der Waals surface area contributed by atoms with Gasteiger partial charge in [0.15, 0.2) is 6.61 Å². The van der Waals surface area contributed by atoms with Crippen molar-refractivity contribution in [2.24, 2.45) is 5.10 Å². The second-order valence-corrected chi connectivity index (χ2v) is 7.49. The molecule has 8 nitrogen and oxygen atoms in total. The molecule has 0 saturated heterocycles. The average Bonchev–Trinajstić information content (AvgIpc) is 2.86. The van der Waals surface area contributed by atoms with Crippen LogP contribution in [0.3, 0.4) is 0 Å². The van der Waals surface area contributed by atoms with Crippen molar-refractivity contribution in [2.75, 3.05) is 6.61 Å². The summed E-state index contributed by atoms with van der Waals surface area (Å²) in [7, 11) is 0. The molecule has 0 radical (unpaired) electrons. The molecule has 0 spiro atoms. The first-order valence-electron chi connectivity index (χ1n) is 10.7. The van der Waals surface area contributed by atoms with E-state index >= 15 is 0 Å². The summed E-state index contributed by atoms with van der Waals surface area (Å²) in [5.74, 6) is -1.42. The molecule has 3 amide bonds. The topological polar surface area (TPSA) is 109 Å². The number of rotatable bonds is 9. The first-order valence-corrected chi connectivity index (χ1v) is 10.7. The lowest BCUT2D eigenvalue weighted by Gasteiger charge is -2.08. The van der Waals surface area contributed by atoms with E-state index in [1.165, 1.54) is 6.21 Å². The lowest BCUT2D eigenvalue weighted by molar-refractivity contribution is -0.139. The Morgan fingerprint density at radius 3 is 2.29 bits per heavy atom. The first kappa shape index (κ1) is 24.2. The summed E-state index contributed by atoms with van der Waals surface area (Å²) < 4.78 is 5.52. The van der Waals surface area contributed by atoms with Gasteiger partial charge in [-0.15, -0.1) is 0 Å². The van der Waals surface area contributed by atoms with Crippen molar-refractivity contribution in [1.82, 2.24) is 16.1 Å². The zero-order chi connectivity index (χ0) is 24.2. The Morgan fingerprint density at radius 1 is 0.824 bits per heavy atom. The summed E-state index contributed by atoms with van der Waals surface area (Å²) in [6, 6.07) is 24.1. The van der Waals surface area contributed by atoms with Crippen molar-refractivity contribution < 1.29 is 19.1 Å². The molecule has 0 unspecified atom stereocenters. The van der Waals surface area contributed by atoms with Crippen LogP contribution in [0.4, 0.5) is 0 Å². The second kappa shape index (κ2) is 12.5. The van der Waals surface area contributed by atoms with Crippen LogP contribution in [0.5, 0.6) is 5.75 Å². The van der Waals surface area contributed by atoms with Crippen molar-refractivity contribution in [3.05, 3.63) is 101 Å². The molecule has 0 aliphatic rings. The fraction of sp³-hybridized carbons (Fsp3) is 0.154. The molecular formula is C26H26N4O4. The van der Waals surface area contributed by atoms with Crippen LogP contribution >= 0.6 is 0 Å². The minimum absolute atomic E-state index is 0.134. The average molecular weight is 459 g/mol. The van der Waals surface area contributed by atoms with E-state index in [2.05, 4.69) is 21.2 Å². The maximum atomic E-state index is 12.0. The van der Waals surface area contributed by atoms with E-state index < -0.39 is 11.8 Å². The molecule has 3 rings (SSSR count). The molecule has 0 saturated carbocycles. The maximum Gasteiger partial charge on any atom is 0.329 e. The molecule has 8 heteroatoms. The smallest absolute Gasteiger partial charge is 0.329 e. The number of hydrogen-bond acceptors (Lipinski definition) is 5. The van der Waals surface area contributed by atoms with Gasteiger partial charge in [-0.05, 0) is 35.7 Å². The van der Waals surface area contributed by atoms with Gasteiger partial charge < -0.3 is 15.4 Å². The van der Waals surface area contributed by atoms with Gasteiger partial charge in [0.25, 0.3) is 5.91 Å². The predicted octanol–water partition coefficient (Wildman–Crippen LogP) is 2.46. The Labute approximate surface area is 198 Å². The Kier molecular flexibility index (Phi) is 8.92. The normalized spacial score (nSPS) is 10.5. The van der Waals surface area contributed by atoms with Gasteiger partial charge in [-0.25, -0.2) is 5.43 Å². The summed E-state index contributed by atoms with van der Waals surface area (Å²) in [6.45, 7) is 2.51.